The van der Waals surface area contributed by atoms with Crippen LogP contribution in [0.2, 0.25) is 0 Å². The third kappa shape index (κ3) is 6.48. The Bertz CT molecular complexity index is 759. The van der Waals surface area contributed by atoms with Crippen molar-refractivity contribution in [3.63, 3.8) is 0 Å². The van der Waals surface area contributed by atoms with Gasteiger partial charge in [-0.25, -0.2) is 4.79 Å². The molecule has 0 saturated carbocycles. The predicted molar refractivity (Wildman–Crippen MR) is 89.6 cm³/mol. The van der Waals surface area contributed by atoms with E-state index in [1.165, 1.54) is 10.9 Å². The molecule has 2 N–H and O–H groups in total. The van der Waals surface area contributed by atoms with Gasteiger partial charge in [-0.05, 0) is 29.7 Å². The highest BCUT2D eigenvalue weighted by Crippen LogP contribution is 2.12. The zero-order chi connectivity index (χ0) is 17.2. The molecule has 0 saturated heterocycles. The summed E-state index contributed by atoms with van der Waals surface area (Å²) < 4.78 is 2.12. The molecule has 3 aromatic rings. The highest BCUT2D eigenvalue weighted by Gasteiger charge is 1.96. The summed E-state index contributed by atoms with van der Waals surface area (Å²) in [5, 5.41) is 17.1. The van der Waals surface area contributed by atoms with E-state index in [1.807, 2.05) is 0 Å². The molecule has 0 unspecified atom stereocenters. The molecule has 0 fully saturated rings. The van der Waals surface area contributed by atoms with E-state index in [-0.39, 0.29) is 0 Å². The zero-order valence-electron chi connectivity index (χ0n) is 13.0. The van der Waals surface area contributed by atoms with E-state index in [0.29, 0.717) is 5.56 Å². The quantitative estimate of drug-likeness (QED) is 0.718. The minimum absolute atomic E-state index is 0.331. The number of carboxylic acid groups (broad SMARTS) is 2. The van der Waals surface area contributed by atoms with Gasteiger partial charge in [-0.3, -0.25) is 4.79 Å². The molecule has 23 heavy (non-hydrogen) atoms. The number of aliphatic carboxylic acids is 1. The first-order chi connectivity index (χ1) is 10.9. The molecule has 3 rings (SSSR count). The van der Waals surface area contributed by atoms with Crippen molar-refractivity contribution in [2.24, 2.45) is 7.05 Å². The Morgan fingerprint density at radius 1 is 0.870 bits per heavy atom. The van der Waals surface area contributed by atoms with E-state index in [9.17, 15) is 4.79 Å². The van der Waals surface area contributed by atoms with Crippen LogP contribution in [0.4, 0.5) is 0 Å². The number of aryl methyl sites for hydroxylation is 1. The van der Waals surface area contributed by atoms with Gasteiger partial charge in [-0.2, -0.15) is 0 Å². The SMILES string of the molecule is CC(=O)O.Cn1ccc2ccccc21.O=C(O)c1ccccc1. The average Bonchev–Trinajstić information content (AvgIpc) is 2.90. The van der Waals surface area contributed by atoms with Crippen LogP contribution in [0.15, 0.2) is 66.9 Å². The van der Waals surface area contributed by atoms with E-state index >= 15 is 0 Å². The van der Waals surface area contributed by atoms with Gasteiger partial charge in [0.2, 0.25) is 0 Å². The molecule has 1 heterocycles. The van der Waals surface area contributed by atoms with Crippen molar-refractivity contribution in [2.75, 3.05) is 0 Å². The maximum atomic E-state index is 10.2. The van der Waals surface area contributed by atoms with E-state index < -0.39 is 11.9 Å². The highest BCUT2D eigenvalue weighted by atomic mass is 16.4. The normalized spacial score (nSPS) is 9.13. The first-order valence-electron chi connectivity index (χ1n) is 6.89. The topological polar surface area (TPSA) is 79.5 Å². The molecule has 0 radical (unpaired) electrons. The first kappa shape index (κ1) is 18.0. The summed E-state index contributed by atoms with van der Waals surface area (Å²) in [6.07, 6.45) is 2.07. The Morgan fingerprint density at radius 3 is 1.87 bits per heavy atom. The lowest BCUT2D eigenvalue weighted by atomic mass is 10.2. The summed E-state index contributed by atoms with van der Waals surface area (Å²) in [4.78, 5) is 19.2. The predicted octanol–water partition coefficient (Wildman–Crippen LogP) is 3.65. The summed E-state index contributed by atoms with van der Waals surface area (Å²) in [6.45, 7) is 1.08. The number of hydrogen-bond acceptors (Lipinski definition) is 2. The number of para-hydroxylation sites is 1. The Labute approximate surface area is 134 Å². The third-order valence-corrected chi connectivity index (χ3v) is 2.82. The van der Waals surface area contributed by atoms with Crippen LogP contribution in [0, 0.1) is 0 Å². The number of aromatic nitrogens is 1. The van der Waals surface area contributed by atoms with E-state index in [4.69, 9.17) is 15.0 Å². The number of benzene rings is 2. The second-order valence-corrected chi connectivity index (χ2v) is 4.68. The van der Waals surface area contributed by atoms with Crippen LogP contribution in [0.3, 0.4) is 0 Å². The number of rotatable bonds is 1. The molecule has 0 aliphatic carbocycles. The van der Waals surface area contributed by atoms with Crippen LogP contribution in [-0.4, -0.2) is 26.7 Å². The van der Waals surface area contributed by atoms with Gasteiger partial charge in [-0.1, -0.05) is 36.4 Å². The van der Waals surface area contributed by atoms with Gasteiger partial charge in [-0.15, -0.1) is 0 Å². The Kier molecular flexibility index (Phi) is 7.07. The molecular formula is C18H19NO4. The standard InChI is InChI=1S/C9H9N.C7H6O2.C2H4O2/c1-10-7-6-8-4-2-3-5-9(8)10;8-7(9)6-4-2-1-3-5-6;1-2(3)4/h2-7H,1H3;1-5H,(H,8,9);1H3,(H,3,4). The highest BCUT2D eigenvalue weighted by molar-refractivity contribution is 5.87. The van der Waals surface area contributed by atoms with Crippen molar-refractivity contribution >= 4 is 22.8 Å². The van der Waals surface area contributed by atoms with Crippen molar-refractivity contribution in [3.05, 3.63) is 72.4 Å². The molecule has 0 bridgehead atoms. The van der Waals surface area contributed by atoms with Crippen molar-refractivity contribution in [1.29, 1.82) is 0 Å². The number of carbonyl (C=O) groups is 2. The molecule has 2 aromatic carbocycles. The van der Waals surface area contributed by atoms with Crippen LogP contribution < -0.4 is 0 Å². The van der Waals surface area contributed by atoms with Crippen LogP contribution in [0.1, 0.15) is 17.3 Å². The van der Waals surface area contributed by atoms with Gasteiger partial charge in [0.05, 0.1) is 5.56 Å². The van der Waals surface area contributed by atoms with Gasteiger partial charge in [0.25, 0.3) is 5.97 Å². The van der Waals surface area contributed by atoms with E-state index in [2.05, 4.69) is 48.1 Å². The number of fused-ring (bicyclic) bond motifs is 1. The van der Waals surface area contributed by atoms with Crippen molar-refractivity contribution in [1.82, 2.24) is 4.57 Å². The molecule has 0 atom stereocenters. The van der Waals surface area contributed by atoms with Gasteiger partial charge in [0.15, 0.2) is 0 Å². The molecule has 1 aromatic heterocycles. The molecule has 0 amide bonds. The smallest absolute Gasteiger partial charge is 0.335 e. The van der Waals surface area contributed by atoms with Crippen molar-refractivity contribution in [3.8, 4) is 0 Å². The average molecular weight is 313 g/mol. The summed E-state index contributed by atoms with van der Waals surface area (Å²) in [6, 6.07) is 18.8. The monoisotopic (exact) mass is 313 g/mol. The largest absolute Gasteiger partial charge is 0.481 e. The minimum Gasteiger partial charge on any atom is -0.481 e. The number of hydrogen-bond donors (Lipinski definition) is 2. The van der Waals surface area contributed by atoms with E-state index in [0.717, 1.165) is 6.92 Å². The molecule has 5 nitrogen and oxygen atoms in total. The third-order valence-electron chi connectivity index (χ3n) is 2.82. The molecule has 0 spiro atoms. The first-order valence-corrected chi connectivity index (χ1v) is 6.89. The Morgan fingerprint density at radius 2 is 1.39 bits per heavy atom. The van der Waals surface area contributed by atoms with Crippen LogP contribution in [0.25, 0.3) is 10.9 Å². The fourth-order valence-corrected chi connectivity index (χ4v) is 1.80. The second kappa shape index (κ2) is 9.04. The molecule has 0 aliphatic heterocycles. The van der Waals surface area contributed by atoms with Crippen molar-refractivity contribution in [2.45, 2.75) is 6.92 Å². The minimum atomic E-state index is -0.879. The summed E-state index contributed by atoms with van der Waals surface area (Å²) in [7, 11) is 2.06. The fourth-order valence-electron chi connectivity index (χ4n) is 1.80. The van der Waals surface area contributed by atoms with Crippen LogP contribution >= 0.6 is 0 Å². The van der Waals surface area contributed by atoms with Gasteiger partial charge >= 0.3 is 5.97 Å². The summed E-state index contributed by atoms with van der Waals surface area (Å²) >= 11 is 0. The number of carboxylic acids is 2. The van der Waals surface area contributed by atoms with E-state index in [1.54, 1.807) is 30.3 Å². The Balaban J connectivity index is 0.000000189. The maximum absolute atomic E-state index is 10.2. The summed E-state index contributed by atoms with van der Waals surface area (Å²) in [5.74, 6) is -1.71. The van der Waals surface area contributed by atoms with Crippen LogP contribution in [-0.2, 0) is 11.8 Å². The van der Waals surface area contributed by atoms with Crippen molar-refractivity contribution < 1.29 is 19.8 Å². The molecule has 120 valence electrons. The van der Waals surface area contributed by atoms with Gasteiger partial charge in [0.1, 0.15) is 0 Å². The maximum Gasteiger partial charge on any atom is 0.335 e. The zero-order valence-corrected chi connectivity index (χ0v) is 13.0. The molecular weight excluding hydrogens is 294 g/mol. The Hall–Kier alpha value is -3.08. The lowest BCUT2D eigenvalue weighted by molar-refractivity contribution is -0.134. The van der Waals surface area contributed by atoms with Gasteiger partial charge < -0.3 is 14.8 Å². The number of aromatic carboxylic acids is 1. The fraction of sp³-hybridized carbons (Fsp3) is 0.111. The lowest BCUT2D eigenvalue weighted by Gasteiger charge is -1.92. The van der Waals surface area contributed by atoms with Crippen LogP contribution in [0.5, 0.6) is 0 Å². The summed E-state index contributed by atoms with van der Waals surface area (Å²) in [5.41, 5.74) is 1.63. The lowest BCUT2D eigenvalue weighted by Crippen LogP contribution is -1.93. The van der Waals surface area contributed by atoms with Gasteiger partial charge in [0, 0.05) is 25.7 Å². The molecule has 5 heteroatoms. The molecule has 0 aliphatic rings. The number of nitrogens with zero attached hydrogens (tertiary/aromatic N) is 1. The second-order valence-electron chi connectivity index (χ2n) is 4.68.